The van der Waals surface area contributed by atoms with Crippen molar-refractivity contribution < 1.29 is 52.4 Å². The molecule has 196 valence electrons. The lowest BCUT2D eigenvalue weighted by Crippen LogP contribution is -2.36. The Morgan fingerprint density at radius 1 is 1.03 bits per heavy atom. The minimum absolute atomic E-state index is 0.0282. The molecule has 11 heteroatoms. The summed E-state index contributed by atoms with van der Waals surface area (Å²) < 4.78 is 33.0. The van der Waals surface area contributed by atoms with Crippen LogP contribution in [0.4, 0.5) is 0 Å². The number of hydrogen-bond donors (Lipinski definition) is 0. The van der Waals surface area contributed by atoms with Gasteiger partial charge in [-0.15, -0.1) is 0 Å². The van der Waals surface area contributed by atoms with E-state index in [4.69, 9.17) is 28.4 Å². The van der Waals surface area contributed by atoms with Crippen molar-refractivity contribution in [3.8, 4) is 0 Å². The molecule has 0 aromatic heterocycles. The smallest absolute Gasteiger partial charge is 0.338 e. The molecule has 3 rings (SSSR count). The first-order chi connectivity index (χ1) is 16.8. The van der Waals surface area contributed by atoms with E-state index in [1.165, 1.54) is 27.7 Å². The van der Waals surface area contributed by atoms with Gasteiger partial charge < -0.3 is 28.4 Å². The van der Waals surface area contributed by atoms with Gasteiger partial charge in [-0.1, -0.05) is 6.58 Å². The second-order valence-corrected chi connectivity index (χ2v) is 9.23. The van der Waals surface area contributed by atoms with Crippen molar-refractivity contribution in [2.24, 2.45) is 0 Å². The number of rotatable bonds is 7. The predicted molar refractivity (Wildman–Crippen MR) is 121 cm³/mol. The predicted octanol–water partition coefficient (Wildman–Crippen LogP) is 1.63. The van der Waals surface area contributed by atoms with Gasteiger partial charge in [-0.05, 0) is 25.5 Å². The first kappa shape index (κ1) is 27.1. The van der Waals surface area contributed by atoms with Gasteiger partial charge in [-0.3, -0.25) is 14.4 Å². The number of esters is 5. The van der Waals surface area contributed by atoms with E-state index in [9.17, 15) is 24.0 Å². The summed E-state index contributed by atoms with van der Waals surface area (Å²) in [5, 5.41) is 0. The van der Waals surface area contributed by atoms with Crippen molar-refractivity contribution in [2.45, 2.75) is 77.5 Å². The molecule has 0 bridgehead atoms. The maximum absolute atomic E-state index is 12.9. The van der Waals surface area contributed by atoms with Gasteiger partial charge in [-0.25, -0.2) is 9.59 Å². The molecule has 0 aromatic rings. The van der Waals surface area contributed by atoms with Gasteiger partial charge in [0.2, 0.25) is 0 Å². The second kappa shape index (κ2) is 10.7. The van der Waals surface area contributed by atoms with Crippen LogP contribution < -0.4 is 0 Å². The van der Waals surface area contributed by atoms with E-state index >= 15 is 0 Å². The highest BCUT2D eigenvalue weighted by atomic mass is 16.7. The van der Waals surface area contributed by atoms with E-state index in [1.54, 1.807) is 13.0 Å². The molecule has 36 heavy (non-hydrogen) atoms. The topological polar surface area (TPSA) is 144 Å². The molecule has 0 radical (unpaired) electrons. The van der Waals surface area contributed by atoms with Gasteiger partial charge in [0.1, 0.15) is 37.1 Å². The Balaban J connectivity index is 2.13. The first-order valence-electron chi connectivity index (χ1n) is 11.4. The van der Waals surface area contributed by atoms with Crippen molar-refractivity contribution in [2.75, 3.05) is 13.2 Å². The van der Waals surface area contributed by atoms with Crippen LogP contribution in [-0.2, 0) is 52.4 Å². The molecule has 0 amide bonds. The monoisotopic (exact) mass is 506 g/mol. The fourth-order valence-corrected chi connectivity index (χ4v) is 4.32. The van der Waals surface area contributed by atoms with E-state index in [2.05, 4.69) is 6.58 Å². The maximum atomic E-state index is 12.9. The standard InChI is InChI=1S/C25H30O11/c1-12(2)23(29)34-19-8-16(10-31-13(3)26)7-17(33-15(5)28)9-25(6)22(36-25)21-20(19)18(24(30)35-21)11-32-14(4)27/h7,17,19,21-22H,1,8-11H2,2-6H3/b16-7+/t17-,19+,21+,22-,25-/m1/s1. The van der Waals surface area contributed by atoms with Gasteiger partial charge >= 0.3 is 29.8 Å². The zero-order chi connectivity index (χ0) is 26.8. The van der Waals surface area contributed by atoms with E-state index in [0.29, 0.717) is 11.1 Å². The van der Waals surface area contributed by atoms with Gasteiger partial charge in [0.05, 0.1) is 5.57 Å². The average Bonchev–Trinajstić information content (AvgIpc) is 3.29. The molecular formula is C25H30O11. The second-order valence-electron chi connectivity index (χ2n) is 9.23. The summed E-state index contributed by atoms with van der Waals surface area (Å²) in [6, 6.07) is 0. The summed E-state index contributed by atoms with van der Waals surface area (Å²) in [4.78, 5) is 60.2. The molecule has 1 saturated heterocycles. The lowest BCUT2D eigenvalue weighted by molar-refractivity contribution is -0.145. The zero-order valence-corrected chi connectivity index (χ0v) is 20.9. The Hall–Kier alpha value is -3.47. The number of carbonyl (C=O) groups is 5. The van der Waals surface area contributed by atoms with Crippen LogP contribution in [0.2, 0.25) is 0 Å². The fraction of sp³-hybridized carbons (Fsp3) is 0.560. The minimum Gasteiger partial charge on any atom is -0.461 e. The molecule has 5 atom stereocenters. The quantitative estimate of drug-likeness (QED) is 0.163. The SMILES string of the molecule is C=C(C)C(=O)O[C@H]1C/C(COC(C)=O)=C\[C@@H](OC(C)=O)C[C@@]2(C)O[C@@H]2[C@H]2OC(=O)C(COC(C)=O)=C12. The number of carbonyl (C=O) groups excluding carboxylic acids is 5. The van der Waals surface area contributed by atoms with E-state index in [-0.39, 0.29) is 37.2 Å². The molecule has 1 fully saturated rings. The Morgan fingerprint density at radius 2 is 1.67 bits per heavy atom. The summed E-state index contributed by atoms with van der Waals surface area (Å²) in [5.41, 5.74) is 0.0694. The number of fused-ring (bicyclic) bond motifs is 3. The third-order valence-electron chi connectivity index (χ3n) is 5.97. The van der Waals surface area contributed by atoms with Crippen LogP contribution in [0.3, 0.4) is 0 Å². The number of epoxide rings is 1. The molecular weight excluding hydrogens is 476 g/mol. The summed E-state index contributed by atoms with van der Waals surface area (Å²) in [7, 11) is 0. The number of hydrogen-bond acceptors (Lipinski definition) is 11. The Bertz CT molecular complexity index is 1050. The highest BCUT2D eigenvalue weighted by molar-refractivity contribution is 5.94. The molecule has 0 aromatic carbocycles. The van der Waals surface area contributed by atoms with Crippen LogP contribution >= 0.6 is 0 Å². The fourth-order valence-electron chi connectivity index (χ4n) is 4.32. The van der Waals surface area contributed by atoms with Crippen LogP contribution in [0.15, 0.2) is 34.9 Å². The molecule has 1 aliphatic carbocycles. The van der Waals surface area contributed by atoms with Crippen LogP contribution in [-0.4, -0.2) is 73.1 Å². The van der Waals surface area contributed by atoms with Crippen LogP contribution in [0, 0.1) is 0 Å². The third-order valence-corrected chi connectivity index (χ3v) is 5.97. The van der Waals surface area contributed by atoms with E-state index in [0.717, 1.165) is 0 Å². The number of ether oxygens (including phenoxy) is 6. The largest absolute Gasteiger partial charge is 0.461 e. The average molecular weight is 507 g/mol. The normalized spacial score (nSPS) is 30.5. The van der Waals surface area contributed by atoms with Gasteiger partial charge in [0, 0.05) is 44.8 Å². The summed E-state index contributed by atoms with van der Waals surface area (Å²) in [5.74, 6) is -3.13. The molecule has 0 N–H and O–H groups in total. The van der Waals surface area contributed by atoms with E-state index in [1.807, 2.05) is 0 Å². The van der Waals surface area contributed by atoms with Crippen LogP contribution in [0.25, 0.3) is 0 Å². The summed E-state index contributed by atoms with van der Waals surface area (Å²) in [6.45, 7) is 10.0. The molecule has 11 nitrogen and oxygen atoms in total. The lowest BCUT2D eigenvalue weighted by atomic mass is 9.86. The first-order valence-corrected chi connectivity index (χ1v) is 11.4. The molecule has 2 aliphatic heterocycles. The zero-order valence-electron chi connectivity index (χ0n) is 20.9. The van der Waals surface area contributed by atoms with E-state index < -0.39 is 59.9 Å². The van der Waals surface area contributed by atoms with Crippen molar-refractivity contribution in [3.05, 3.63) is 34.9 Å². The highest BCUT2D eigenvalue weighted by Gasteiger charge is 2.62. The van der Waals surface area contributed by atoms with Gasteiger partial charge in [0.15, 0.2) is 6.10 Å². The molecule has 0 spiro atoms. The highest BCUT2D eigenvalue weighted by Crippen LogP contribution is 2.49. The minimum atomic E-state index is -1.08. The lowest BCUT2D eigenvalue weighted by Gasteiger charge is -2.27. The van der Waals surface area contributed by atoms with Crippen molar-refractivity contribution in [1.29, 1.82) is 0 Å². The summed E-state index contributed by atoms with van der Waals surface area (Å²) >= 11 is 0. The van der Waals surface area contributed by atoms with Crippen molar-refractivity contribution in [1.82, 2.24) is 0 Å². The Morgan fingerprint density at radius 3 is 2.25 bits per heavy atom. The third kappa shape index (κ3) is 6.39. The Labute approximate surface area is 208 Å². The molecule has 2 heterocycles. The van der Waals surface area contributed by atoms with Gasteiger partial charge in [0.25, 0.3) is 0 Å². The van der Waals surface area contributed by atoms with Crippen molar-refractivity contribution >= 4 is 29.8 Å². The molecule has 3 aliphatic rings. The molecule has 0 unspecified atom stereocenters. The van der Waals surface area contributed by atoms with Crippen LogP contribution in [0.5, 0.6) is 0 Å². The Kier molecular flexibility index (Phi) is 8.02. The van der Waals surface area contributed by atoms with Gasteiger partial charge in [-0.2, -0.15) is 0 Å². The van der Waals surface area contributed by atoms with Crippen molar-refractivity contribution in [3.63, 3.8) is 0 Å². The molecule has 0 saturated carbocycles. The maximum Gasteiger partial charge on any atom is 0.338 e. The summed E-state index contributed by atoms with van der Waals surface area (Å²) in [6.07, 6.45) is -1.57. The van der Waals surface area contributed by atoms with Crippen LogP contribution in [0.1, 0.15) is 47.5 Å².